The SMILES string of the molecule is Cc1ccc(S(=O)(=O)N2CCN(Cc3cccc(C(=O)Nc4ccc(I)cc4C)c3)CC2)cc1. The molecule has 1 amide bonds. The fraction of sp³-hybridized carbons (Fsp3) is 0.269. The summed E-state index contributed by atoms with van der Waals surface area (Å²) < 4.78 is 28.6. The Morgan fingerprint density at radius 2 is 1.65 bits per heavy atom. The van der Waals surface area contributed by atoms with Gasteiger partial charge in [-0.05, 0) is 90.0 Å². The lowest BCUT2D eigenvalue weighted by Gasteiger charge is -2.34. The second kappa shape index (κ2) is 10.6. The van der Waals surface area contributed by atoms with Crippen LogP contribution in [0.3, 0.4) is 0 Å². The number of halogens is 1. The number of benzene rings is 3. The molecular formula is C26H28IN3O3S. The summed E-state index contributed by atoms with van der Waals surface area (Å²) in [7, 11) is -3.48. The van der Waals surface area contributed by atoms with Crippen LogP contribution in [0, 0.1) is 17.4 Å². The quantitative estimate of drug-likeness (QED) is 0.425. The topological polar surface area (TPSA) is 69.7 Å². The molecule has 4 rings (SSSR count). The lowest BCUT2D eigenvalue weighted by atomic mass is 10.1. The summed E-state index contributed by atoms with van der Waals surface area (Å²) in [6, 6.07) is 20.5. The van der Waals surface area contributed by atoms with Crippen LogP contribution in [-0.2, 0) is 16.6 Å². The van der Waals surface area contributed by atoms with Gasteiger partial charge in [0.2, 0.25) is 10.0 Å². The molecule has 178 valence electrons. The molecule has 0 radical (unpaired) electrons. The molecule has 0 bridgehead atoms. The van der Waals surface area contributed by atoms with E-state index in [2.05, 4.69) is 32.8 Å². The van der Waals surface area contributed by atoms with E-state index < -0.39 is 10.0 Å². The van der Waals surface area contributed by atoms with Gasteiger partial charge in [0.1, 0.15) is 0 Å². The van der Waals surface area contributed by atoms with Gasteiger partial charge in [0, 0.05) is 47.5 Å². The zero-order valence-electron chi connectivity index (χ0n) is 19.3. The van der Waals surface area contributed by atoms with E-state index in [0.29, 0.717) is 43.2 Å². The molecule has 6 nitrogen and oxygen atoms in total. The first-order valence-corrected chi connectivity index (χ1v) is 13.7. The van der Waals surface area contributed by atoms with E-state index in [1.807, 2.05) is 68.4 Å². The maximum atomic E-state index is 12.9. The maximum Gasteiger partial charge on any atom is 0.255 e. The Labute approximate surface area is 215 Å². The number of piperazine rings is 1. The van der Waals surface area contributed by atoms with Crippen molar-refractivity contribution in [2.24, 2.45) is 0 Å². The van der Waals surface area contributed by atoms with E-state index in [0.717, 1.165) is 25.9 Å². The van der Waals surface area contributed by atoms with Crippen molar-refractivity contribution >= 4 is 44.2 Å². The largest absolute Gasteiger partial charge is 0.322 e. The predicted molar refractivity (Wildman–Crippen MR) is 144 cm³/mol. The minimum Gasteiger partial charge on any atom is -0.322 e. The molecule has 8 heteroatoms. The van der Waals surface area contributed by atoms with Crippen LogP contribution in [0.1, 0.15) is 27.0 Å². The number of rotatable bonds is 6. The molecule has 1 N–H and O–H groups in total. The summed E-state index contributed by atoms with van der Waals surface area (Å²) >= 11 is 2.25. The minimum atomic E-state index is -3.48. The predicted octanol–water partition coefficient (Wildman–Crippen LogP) is 4.67. The molecule has 1 saturated heterocycles. The Morgan fingerprint density at radius 3 is 2.32 bits per heavy atom. The highest BCUT2D eigenvalue weighted by atomic mass is 127. The van der Waals surface area contributed by atoms with Gasteiger partial charge in [-0.3, -0.25) is 9.69 Å². The molecule has 0 saturated carbocycles. The average molecular weight is 589 g/mol. The fourth-order valence-electron chi connectivity index (χ4n) is 4.02. The molecule has 0 aromatic heterocycles. The van der Waals surface area contributed by atoms with Gasteiger partial charge in [-0.25, -0.2) is 8.42 Å². The van der Waals surface area contributed by atoms with Crippen LogP contribution in [0.15, 0.2) is 71.6 Å². The van der Waals surface area contributed by atoms with Gasteiger partial charge in [-0.2, -0.15) is 4.31 Å². The summed E-state index contributed by atoms with van der Waals surface area (Å²) in [4.78, 5) is 15.4. The monoisotopic (exact) mass is 589 g/mol. The van der Waals surface area contributed by atoms with Crippen molar-refractivity contribution in [2.45, 2.75) is 25.3 Å². The van der Waals surface area contributed by atoms with Gasteiger partial charge < -0.3 is 5.32 Å². The van der Waals surface area contributed by atoms with E-state index >= 15 is 0 Å². The number of carbonyl (C=O) groups is 1. The molecule has 0 unspecified atom stereocenters. The van der Waals surface area contributed by atoms with E-state index in [9.17, 15) is 13.2 Å². The molecule has 3 aromatic carbocycles. The fourth-order valence-corrected chi connectivity index (χ4v) is 6.09. The van der Waals surface area contributed by atoms with Gasteiger partial charge >= 0.3 is 0 Å². The van der Waals surface area contributed by atoms with Crippen molar-refractivity contribution in [2.75, 3.05) is 31.5 Å². The van der Waals surface area contributed by atoms with E-state index in [4.69, 9.17) is 0 Å². The van der Waals surface area contributed by atoms with Crippen molar-refractivity contribution in [3.05, 3.63) is 92.6 Å². The molecule has 0 aliphatic carbocycles. The zero-order valence-corrected chi connectivity index (χ0v) is 22.3. The number of aryl methyl sites for hydroxylation is 2. The first-order chi connectivity index (χ1) is 16.2. The minimum absolute atomic E-state index is 0.139. The van der Waals surface area contributed by atoms with Crippen LogP contribution >= 0.6 is 22.6 Å². The molecular weight excluding hydrogens is 561 g/mol. The highest BCUT2D eigenvalue weighted by molar-refractivity contribution is 14.1. The van der Waals surface area contributed by atoms with Crippen molar-refractivity contribution in [1.82, 2.24) is 9.21 Å². The van der Waals surface area contributed by atoms with Crippen LogP contribution in [0.2, 0.25) is 0 Å². The van der Waals surface area contributed by atoms with Gasteiger partial charge in [-0.1, -0.05) is 29.8 Å². The molecule has 34 heavy (non-hydrogen) atoms. The average Bonchev–Trinajstić information content (AvgIpc) is 2.82. The molecule has 1 aliphatic heterocycles. The Balaban J connectivity index is 1.36. The third kappa shape index (κ3) is 5.86. The number of nitrogens with one attached hydrogen (secondary N) is 1. The Hall–Kier alpha value is -2.27. The number of anilines is 1. The number of hydrogen-bond donors (Lipinski definition) is 1. The Morgan fingerprint density at radius 1 is 0.941 bits per heavy atom. The smallest absolute Gasteiger partial charge is 0.255 e. The molecule has 0 atom stereocenters. The number of sulfonamides is 1. The van der Waals surface area contributed by atoms with Gasteiger partial charge in [-0.15, -0.1) is 0 Å². The van der Waals surface area contributed by atoms with Gasteiger partial charge in [0.25, 0.3) is 5.91 Å². The standard InChI is InChI=1S/C26H28IN3O3S/c1-19-6-9-24(10-7-19)34(32,33)30-14-12-29(13-15-30)18-21-4-3-5-22(17-21)26(31)28-25-11-8-23(27)16-20(25)2/h3-11,16-17H,12-15,18H2,1-2H3,(H,28,31). The zero-order chi connectivity index (χ0) is 24.3. The third-order valence-electron chi connectivity index (χ3n) is 6.02. The molecule has 1 heterocycles. The van der Waals surface area contributed by atoms with Gasteiger partial charge in [0.15, 0.2) is 0 Å². The molecule has 0 spiro atoms. The van der Waals surface area contributed by atoms with E-state index in [1.165, 1.54) is 0 Å². The number of amides is 1. The Bertz CT molecular complexity index is 1280. The lowest BCUT2D eigenvalue weighted by Crippen LogP contribution is -2.48. The van der Waals surface area contributed by atoms with Crippen molar-refractivity contribution in [3.8, 4) is 0 Å². The molecule has 3 aromatic rings. The summed E-state index contributed by atoms with van der Waals surface area (Å²) in [6.45, 7) is 6.77. The van der Waals surface area contributed by atoms with Crippen molar-refractivity contribution in [1.29, 1.82) is 0 Å². The van der Waals surface area contributed by atoms with Crippen LogP contribution in [-0.4, -0.2) is 49.7 Å². The summed E-state index contributed by atoms with van der Waals surface area (Å²) in [5.74, 6) is -0.139. The lowest BCUT2D eigenvalue weighted by molar-refractivity contribution is 0.102. The summed E-state index contributed by atoms with van der Waals surface area (Å²) in [5, 5.41) is 3.00. The second-order valence-corrected chi connectivity index (χ2v) is 11.8. The second-order valence-electron chi connectivity index (χ2n) is 8.61. The third-order valence-corrected chi connectivity index (χ3v) is 8.61. The summed E-state index contributed by atoms with van der Waals surface area (Å²) in [5.41, 5.74) is 4.50. The van der Waals surface area contributed by atoms with Crippen LogP contribution < -0.4 is 5.32 Å². The molecule has 1 fully saturated rings. The summed E-state index contributed by atoms with van der Waals surface area (Å²) in [6.07, 6.45) is 0. The number of carbonyl (C=O) groups excluding carboxylic acids is 1. The maximum absolute atomic E-state index is 12.9. The van der Waals surface area contributed by atoms with E-state index in [1.54, 1.807) is 16.4 Å². The number of nitrogens with zero attached hydrogens (tertiary/aromatic N) is 2. The van der Waals surface area contributed by atoms with Crippen LogP contribution in [0.25, 0.3) is 0 Å². The first-order valence-electron chi connectivity index (χ1n) is 11.2. The van der Waals surface area contributed by atoms with Crippen LogP contribution in [0.5, 0.6) is 0 Å². The van der Waals surface area contributed by atoms with E-state index in [-0.39, 0.29) is 5.91 Å². The normalized spacial score (nSPS) is 15.3. The van der Waals surface area contributed by atoms with Crippen molar-refractivity contribution < 1.29 is 13.2 Å². The van der Waals surface area contributed by atoms with Crippen LogP contribution in [0.4, 0.5) is 5.69 Å². The highest BCUT2D eigenvalue weighted by Gasteiger charge is 2.28. The molecule has 1 aliphatic rings. The Kier molecular flexibility index (Phi) is 7.71. The highest BCUT2D eigenvalue weighted by Crippen LogP contribution is 2.21. The number of hydrogen-bond acceptors (Lipinski definition) is 4. The first kappa shape index (κ1) is 24.8. The van der Waals surface area contributed by atoms with Gasteiger partial charge in [0.05, 0.1) is 4.90 Å². The van der Waals surface area contributed by atoms with Crippen molar-refractivity contribution in [3.63, 3.8) is 0 Å².